The van der Waals surface area contributed by atoms with Crippen LogP contribution >= 0.6 is 7.36 Å². The number of fused-ring (bicyclic) bond motifs is 1. The number of hydrogen-bond acceptors (Lipinski definition) is 4. The van der Waals surface area contributed by atoms with Crippen molar-refractivity contribution in [2.45, 2.75) is 33.1 Å². The average molecular weight is 526 g/mol. The molecule has 3 aliphatic rings. The number of likely N-dealkylation sites (N-methyl/N-ethyl adjacent to an activating group) is 1. The van der Waals surface area contributed by atoms with E-state index < -0.39 is 7.36 Å². The molecule has 1 saturated heterocycles. The quantitative estimate of drug-likeness (QED) is 0.333. The van der Waals surface area contributed by atoms with Crippen molar-refractivity contribution in [3.63, 3.8) is 0 Å². The summed E-state index contributed by atoms with van der Waals surface area (Å²) in [6.07, 6.45) is 2.10. The lowest BCUT2D eigenvalue weighted by Gasteiger charge is -2.43. The zero-order valence-corrected chi connectivity index (χ0v) is 23.8. The molecule has 6 rings (SSSR count). The molecular weight excluding hydrogens is 489 g/mol. The first-order valence-electron chi connectivity index (χ1n) is 13.3. The first-order valence-corrected chi connectivity index (χ1v) is 15.0. The summed E-state index contributed by atoms with van der Waals surface area (Å²) >= 11 is 0. The molecular formula is C31H36N5OP. The van der Waals surface area contributed by atoms with E-state index >= 15 is 0 Å². The zero-order valence-electron chi connectivity index (χ0n) is 22.9. The highest BCUT2D eigenvalue weighted by Crippen LogP contribution is 2.70. The topological polar surface area (TPSA) is 43.7 Å². The Morgan fingerprint density at radius 2 is 1.63 bits per heavy atom. The third kappa shape index (κ3) is 3.86. The van der Waals surface area contributed by atoms with Gasteiger partial charge in [-0.1, -0.05) is 67.9 Å². The Morgan fingerprint density at radius 3 is 2.34 bits per heavy atom. The van der Waals surface area contributed by atoms with Gasteiger partial charge in [-0.05, 0) is 49.2 Å². The molecule has 0 amide bonds. The molecule has 38 heavy (non-hydrogen) atoms. The van der Waals surface area contributed by atoms with E-state index in [1.807, 2.05) is 0 Å². The highest BCUT2D eigenvalue weighted by Gasteiger charge is 2.50. The van der Waals surface area contributed by atoms with Crippen LogP contribution in [0.4, 0.5) is 17.1 Å². The van der Waals surface area contributed by atoms with Crippen LogP contribution in [0, 0.1) is 13.8 Å². The van der Waals surface area contributed by atoms with E-state index in [-0.39, 0.29) is 5.41 Å². The summed E-state index contributed by atoms with van der Waals surface area (Å²) in [4.78, 5) is 2.37. The number of para-hydroxylation sites is 2. The Labute approximate surface area is 226 Å². The maximum absolute atomic E-state index is 5.86. The maximum Gasteiger partial charge on any atom is 0.180 e. The molecule has 0 aliphatic carbocycles. The van der Waals surface area contributed by atoms with E-state index in [4.69, 9.17) is 14.6 Å². The predicted molar refractivity (Wildman–Crippen MR) is 160 cm³/mol. The number of nitrogens with zero attached hydrogens (tertiary/aromatic N) is 5. The summed E-state index contributed by atoms with van der Waals surface area (Å²) < 4.78 is 16.4. The lowest BCUT2D eigenvalue weighted by atomic mass is 9.84. The molecule has 0 spiro atoms. The van der Waals surface area contributed by atoms with Crippen molar-refractivity contribution in [1.82, 2.24) is 4.67 Å². The van der Waals surface area contributed by atoms with E-state index in [9.17, 15) is 0 Å². The second-order valence-corrected chi connectivity index (χ2v) is 13.6. The van der Waals surface area contributed by atoms with Gasteiger partial charge in [-0.2, -0.15) is 5.10 Å². The molecule has 6 nitrogen and oxygen atoms in total. The highest BCUT2D eigenvalue weighted by atomic mass is 31.2. The van der Waals surface area contributed by atoms with Crippen LogP contribution in [0.1, 0.15) is 30.5 Å². The fourth-order valence-electron chi connectivity index (χ4n) is 6.14. The van der Waals surface area contributed by atoms with Crippen LogP contribution in [0.15, 0.2) is 93.7 Å². The van der Waals surface area contributed by atoms with Crippen LogP contribution in [0.5, 0.6) is 0 Å². The third-order valence-corrected chi connectivity index (χ3v) is 11.5. The monoisotopic (exact) mass is 525 g/mol. The van der Waals surface area contributed by atoms with Gasteiger partial charge in [0, 0.05) is 36.9 Å². The first kappa shape index (κ1) is 25.1. The molecule has 3 aromatic rings. The molecule has 0 aromatic heterocycles. The predicted octanol–water partition coefficient (Wildman–Crippen LogP) is 7.44. The first-order chi connectivity index (χ1) is 18.3. The molecule has 3 aliphatic heterocycles. The normalized spacial score (nSPS) is 24.7. The van der Waals surface area contributed by atoms with Crippen molar-refractivity contribution in [3.05, 3.63) is 100 Å². The number of morpholine rings is 1. The van der Waals surface area contributed by atoms with E-state index in [1.165, 1.54) is 33.4 Å². The molecule has 0 bridgehead atoms. The van der Waals surface area contributed by atoms with Gasteiger partial charge >= 0.3 is 0 Å². The SMILES string of the molecule is Cc1ccc(N=[P@@]2(N3CCOCC3)/C(=C3/N(C)c4ccccc4C3(C)C)C=NN2c2ccccc2)c(C)c1. The number of benzene rings is 3. The van der Waals surface area contributed by atoms with Crippen molar-refractivity contribution >= 4 is 30.6 Å². The Hall–Kier alpha value is -3.18. The van der Waals surface area contributed by atoms with E-state index in [2.05, 4.69) is 128 Å². The van der Waals surface area contributed by atoms with Crippen LogP contribution in [0.3, 0.4) is 0 Å². The fraction of sp³-hybridized carbons (Fsp3) is 0.323. The number of rotatable bonds is 3. The standard InChI is InChI=1S/C31H36N5OP/c1-23-15-16-27(24(2)21-23)33-38(35-17-19-37-20-18-35)29(22-32-36(38)25-11-7-6-8-12-25)30-31(3,4)26-13-9-10-14-28(26)34(30)5/h6-16,21-22H,17-20H2,1-5H3/b30-29+/t38-/m1/s1. The minimum atomic E-state index is -2.60. The van der Waals surface area contributed by atoms with Gasteiger partial charge in [0.2, 0.25) is 0 Å². The summed E-state index contributed by atoms with van der Waals surface area (Å²) in [5.74, 6) is 0. The smallest absolute Gasteiger partial charge is 0.180 e. The lowest BCUT2D eigenvalue weighted by molar-refractivity contribution is 0.0743. The molecule has 3 heterocycles. The Bertz CT molecular complexity index is 1490. The molecule has 196 valence electrons. The number of aryl methyl sites for hydroxylation is 2. The molecule has 1 fully saturated rings. The minimum absolute atomic E-state index is 0.200. The van der Waals surface area contributed by atoms with Gasteiger partial charge in [-0.15, -0.1) is 0 Å². The molecule has 7 heteroatoms. The highest BCUT2D eigenvalue weighted by molar-refractivity contribution is 7.71. The number of ether oxygens (including phenoxy) is 1. The van der Waals surface area contributed by atoms with Crippen molar-refractivity contribution in [3.8, 4) is 0 Å². The van der Waals surface area contributed by atoms with Gasteiger partial charge in [0.1, 0.15) is 0 Å². The second-order valence-electron chi connectivity index (χ2n) is 10.8. The fourth-order valence-corrected chi connectivity index (χ4v) is 10.0. The molecule has 3 aromatic carbocycles. The molecule has 0 N–H and O–H groups in total. The number of allylic oxidation sites excluding steroid dienone is 2. The van der Waals surface area contributed by atoms with Gasteiger partial charge in [0.05, 0.1) is 36.1 Å². The Balaban J connectivity index is 1.70. The number of anilines is 2. The molecule has 1 atom stereocenters. The molecule has 0 saturated carbocycles. The zero-order chi connectivity index (χ0) is 26.5. The summed E-state index contributed by atoms with van der Waals surface area (Å²) in [6, 6.07) is 25.9. The van der Waals surface area contributed by atoms with Gasteiger partial charge in [-0.3, -0.25) is 0 Å². The van der Waals surface area contributed by atoms with Crippen LogP contribution in [0.25, 0.3) is 0 Å². The van der Waals surface area contributed by atoms with Gasteiger partial charge in [0.25, 0.3) is 0 Å². The summed E-state index contributed by atoms with van der Waals surface area (Å²) in [7, 11) is -0.401. The molecule has 0 unspecified atom stereocenters. The largest absolute Gasteiger partial charge is 0.379 e. The maximum atomic E-state index is 5.86. The third-order valence-electron chi connectivity index (χ3n) is 7.95. The van der Waals surface area contributed by atoms with Crippen LogP contribution in [-0.4, -0.2) is 44.2 Å². The van der Waals surface area contributed by atoms with Crippen molar-refractivity contribution in [2.24, 2.45) is 9.85 Å². The van der Waals surface area contributed by atoms with E-state index in [1.54, 1.807) is 0 Å². The van der Waals surface area contributed by atoms with E-state index in [0.717, 1.165) is 24.5 Å². The minimum Gasteiger partial charge on any atom is -0.379 e. The lowest BCUT2D eigenvalue weighted by Crippen LogP contribution is -2.38. The average Bonchev–Trinajstić information content (AvgIpc) is 3.39. The number of hydrogen-bond donors (Lipinski definition) is 0. The Kier molecular flexibility index (Phi) is 6.30. The van der Waals surface area contributed by atoms with Crippen LogP contribution in [-0.2, 0) is 10.2 Å². The van der Waals surface area contributed by atoms with E-state index in [0.29, 0.717) is 13.2 Å². The van der Waals surface area contributed by atoms with Crippen LogP contribution in [0.2, 0.25) is 0 Å². The van der Waals surface area contributed by atoms with Gasteiger partial charge in [0.15, 0.2) is 7.36 Å². The Morgan fingerprint density at radius 1 is 0.921 bits per heavy atom. The van der Waals surface area contributed by atoms with Crippen molar-refractivity contribution in [2.75, 3.05) is 43.0 Å². The molecule has 0 radical (unpaired) electrons. The summed E-state index contributed by atoms with van der Waals surface area (Å²) in [5.41, 5.74) is 8.17. The summed E-state index contributed by atoms with van der Waals surface area (Å²) in [6.45, 7) is 12.0. The van der Waals surface area contributed by atoms with Gasteiger partial charge in [-0.25, -0.2) is 14.2 Å². The van der Waals surface area contributed by atoms with Crippen molar-refractivity contribution < 1.29 is 4.74 Å². The summed E-state index contributed by atoms with van der Waals surface area (Å²) in [5, 5.41) is 6.38. The number of hydrazone groups is 1. The second kappa shape index (κ2) is 9.53. The van der Waals surface area contributed by atoms with Crippen LogP contribution < -0.4 is 9.68 Å². The van der Waals surface area contributed by atoms with Crippen molar-refractivity contribution in [1.29, 1.82) is 0 Å². The van der Waals surface area contributed by atoms with Gasteiger partial charge < -0.3 is 9.64 Å².